The highest BCUT2D eigenvalue weighted by atomic mass is 32.2. The summed E-state index contributed by atoms with van der Waals surface area (Å²) in [5, 5.41) is 3.79. The summed E-state index contributed by atoms with van der Waals surface area (Å²) in [5.74, 6) is 3.53. The molecule has 0 saturated carbocycles. The number of thioether (sulfide) groups is 1. The molecular weight excluding hydrogens is 238 g/mol. The largest absolute Gasteiger partial charge is 0.313 e. The third-order valence-electron chi connectivity index (χ3n) is 4.22. The first-order chi connectivity index (χ1) is 8.52. The molecule has 0 amide bonds. The van der Waals surface area contributed by atoms with Crippen molar-refractivity contribution < 1.29 is 0 Å². The lowest BCUT2D eigenvalue weighted by Crippen LogP contribution is -2.46. The van der Waals surface area contributed by atoms with Crippen molar-refractivity contribution in [3.63, 3.8) is 0 Å². The van der Waals surface area contributed by atoms with E-state index in [2.05, 4.69) is 44.8 Å². The summed E-state index contributed by atoms with van der Waals surface area (Å²) >= 11 is 2.12. The van der Waals surface area contributed by atoms with E-state index >= 15 is 0 Å². The van der Waals surface area contributed by atoms with Gasteiger partial charge in [-0.1, -0.05) is 53.4 Å². The van der Waals surface area contributed by atoms with E-state index in [1.807, 2.05) is 0 Å². The van der Waals surface area contributed by atoms with Crippen LogP contribution in [0.1, 0.15) is 66.2 Å². The summed E-state index contributed by atoms with van der Waals surface area (Å²) < 4.78 is 0. The molecule has 0 aliphatic carbocycles. The fourth-order valence-electron chi connectivity index (χ4n) is 2.58. The zero-order chi connectivity index (χ0) is 13.4. The monoisotopic (exact) mass is 271 g/mol. The van der Waals surface area contributed by atoms with Crippen molar-refractivity contribution in [3.8, 4) is 0 Å². The average molecular weight is 272 g/mol. The maximum atomic E-state index is 3.79. The van der Waals surface area contributed by atoms with Crippen LogP contribution in [0.2, 0.25) is 0 Å². The van der Waals surface area contributed by atoms with Gasteiger partial charge in [0.25, 0.3) is 0 Å². The molecule has 1 fully saturated rings. The second-order valence-corrected chi connectivity index (χ2v) is 8.07. The van der Waals surface area contributed by atoms with E-state index in [1.54, 1.807) is 0 Å². The summed E-state index contributed by atoms with van der Waals surface area (Å²) in [4.78, 5) is 0. The van der Waals surface area contributed by atoms with E-state index in [-0.39, 0.29) is 0 Å². The number of hydrogen-bond donors (Lipinski definition) is 1. The van der Waals surface area contributed by atoms with Crippen LogP contribution in [0.3, 0.4) is 0 Å². The first kappa shape index (κ1) is 16.4. The lowest BCUT2D eigenvalue weighted by molar-refractivity contribution is 0.245. The molecule has 1 N–H and O–H groups in total. The van der Waals surface area contributed by atoms with Crippen molar-refractivity contribution in [2.24, 2.45) is 11.3 Å². The summed E-state index contributed by atoms with van der Waals surface area (Å²) in [6.45, 7) is 10.7. The number of hydrogen-bond acceptors (Lipinski definition) is 2. The minimum Gasteiger partial charge on any atom is -0.313 e. The predicted molar refractivity (Wildman–Crippen MR) is 85.4 cm³/mol. The van der Waals surface area contributed by atoms with Crippen molar-refractivity contribution in [2.75, 3.05) is 18.1 Å². The molecule has 0 aromatic rings. The fraction of sp³-hybridized carbons (Fsp3) is 1.00. The van der Waals surface area contributed by atoms with Crippen molar-refractivity contribution in [1.29, 1.82) is 0 Å². The second kappa shape index (κ2) is 8.47. The molecule has 1 unspecified atom stereocenters. The number of unbranched alkanes of at least 4 members (excludes halogenated alkanes) is 3. The first-order valence-electron chi connectivity index (χ1n) is 7.83. The Morgan fingerprint density at radius 1 is 1.17 bits per heavy atom. The quantitative estimate of drug-likeness (QED) is 0.641. The standard InChI is InChI=1S/C16H33NS/c1-14(2)9-7-5-6-8-11-17-15-13-18-12-10-16(15,3)4/h14-15,17H,5-13H2,1-4H3. The van der Waals surface area contributed by atoms with Crippen LogP contribution in [0, 0.1) is 11.3 Å². The Labute approximate surface area is 119 Å². The first-order valence-corrected chi connectivity index (χ1v) is 8.99. The second-order valence-electron chi connectivity index (χ2n) is 6.92. The van der Waals surface area contributed by atoms with Crippen LogP contribution >= 0.6 is 11.8 Å². The van der Waals surface area contributed by atoms with Gasteiger partial charge in [0.15, 0.2) is 0 Å². The van der Waals surface area contributed by atoms with E-state index < -0.39 is 0 Å². The Morgan fingerprint density at radius 3 is 2.56 bits per heavy atom. The van der Waals surface area contributed by atoms with E-state index in [9.17, 15) is 0 Å². The summed E-state index contributed by atoms with van der Waals surface area (Å²) in [5.41, 5.74) is 0.503. The van der Waals surface area contributed by atoms with Crippen LogP contribution in [0.5, 0.6) is 0 Å². The van der Waals surface area contributed by atoms with Gasteiger partial charge in [-0.2, -0.15) is 11.8 Å². The average Bonchev–Trinajstić information content (AvgIpc) is 2.29. The SMILES string of the molecule is CC(C)CCCCCCNC1CSCCC1(C)C. The molecular formula is C16H33NS. The number of nitrogens with one attached hydrogen (secondary N) is 1. The fourth-order valence-corrected chi connectivity index (χ4v) is 4.22. The highest BCUT2D eigenvalue weighted by Crippen LogP contribution is 2.34. The topological polar surface area (TPSA) is 12.0 Å². The van der Waals surface area contributed by atoms with E-state index in [1.165, 1.54) is 56.6 Å². The molecule has 1 nitrogen and oxygen atoms in total. The molecule has 1 aliphatic rings. The molecule has 1 heterocycles. The Morgan fingerprint density at radius 2 is 1.89 bits per heavy atom. The van der Waals surface area contributed by atoms with Gasteiger partial charge in [0.05, 0.1) is 0 Å². The Hall–Kier alpha value is 0.310. The maximum absolute atomic E-state index is 3.79. The van der Waals surface area contributed by atoms with Crippen LogP contribution < -0.4 is 5.32 Å². The molecule has 18 heavy (non-hydrogen) atoms. The van der Waals surface area contributed by atoms with Gasteiger partial charge >= 0.3 is 0 Å². The third-order valence-corrected chi connectivity index (χ3v) is 5.28. The summed E-state index contributed by atoms with van der Waals surface area (Å²) in [6, 6.07) is 0.729. The van der Waals surface area contributed by atoms with Gasteiger partial charge in [-0.15, -0.1) is 0 Å². The Balaban J connectivity index is 2.00. The van der Waals surface area contributed by atoms with Crippen LogP contribution in [0.25, 0.3) is 0 Å². The van der Waals surface area contributed by atoms with Gasteiger partial charge in [-0.3, -0.25) is 0 Å². The number of rotatable bonds is 8. The molecule has 0 bridgehead atoms. The predicted octanol–water partition coefficient (Wildman–Crippen LogP) is 4.71. The minimum atomic E-state index is 0.503. The van der Waals surface area contributed by atoms with Crippen molar-refractivity contribution in [2.45, 2.75) is 72.3 Å². The maximum Gasteiger partial charge on any atom is 0.0209 e. The Kier molecular flexibility index (Phi) is 7.70. The van der Waals surface area contributed by atoms with Gasteiger partial charge in [-0.05, 0) is 36.5 Å². The molecule has 0 spiro atoms. The Bertz CT molecular complexity index is 213. The van der Waals surface area contributed by atoms with Gasteiger partial charge in [0.2, 0.25) is 0 Å². The molecule has 1 atom stereocenters. The van der Waals surface area contributed by atoms with E-state index in [0.29, 0.717) is 5.41 Å². The van der Waals surface area contributed by atoms with E-state index in [0.717, 1.165) is 12.0 Å². The lowest BCUT2D eigenvalue weighted by Gasteiger charge is -2.39. The van der Waals surface area contributed by atoms with Crippen molar-refractivity contribution in [3.05, 3.63) is 0 Å². The smallest absolute Gasteiger partial charge is 0.0209 e. The molecule has 1 aliphatic heterocycles. The molecule has 108 valence electrons. The van der Waals surface area contributed by atoms with E-state index in [4.69, 9.17) is 0 Å². The molecule has 1 saturated heterocycles. The van der Waals surface area contributed by atoms with Gasteiger partial charge < -0.3 is 5.32 Å². The lowest BCUT2D eigenvalue weighted by atomic mass is 9.82. The highest BCUT2D eigenvalue weighted by Gasteiger charge is 2.31. The zero-order valence-corrected chi connectivity index (χ0v) is 13.7. The van der Waals surface area contributed by atoms with Crippen LogP contribution in [-0.4, -0.2) is 24.1 Å². The zero-order valence-electron chi connectivity index (χ0n) is 12.9. The van der Waals surface area contributed by atoms with Crippen LogP contribution in [0.15, 0.2) is 0 Å². The summed E-state index contributed by atoms with van der Waals surface area (Å²) in [6.07, 6.45) is 8.36. The van der Waals surface area contributed by atoms with Crippen molar-refractivity contribution >= 4 is 11.8 Å². The van der Waals surface area contributed by atoms with Gasteiger partial charge in [0.1, 0.15) is 0 Å². The molecule has 0 aromatic heterocycles. The molecule has 1 rings (SSSR count). The highest BCUT2D eigenvalue weighted by molar-refractivity contribution is 7.99. The normalized spacial score (nSPS) is 23.5. The van der Waals surface area contributed by atoms with Gasteiger partial charge in [0, 0.05) is 11.8 Å². The van der Waals surface area contributed by atoms with Gasteiger partial charge in [-0.25, -0.2) is 0 Å². The summed E-state index contributed by atoms with van der Waals surface area (Å²) in [7, 11) is 0. The van der Waals surface area contributed by atoms with Crippen LogP contribution in [0.4, 0.5) is 0 Å². The molecule has 2 heteroatoms. The van der Waals surface area contributed by atoms with Crippen LogP contribution in [-0.2, 0) is 0 Å². The third kappa shape index (κ3) is 6.47. The molecule has 0 aromatic carbocycles. The minimum absolute atomic E-state index is 0.503. The van der Waals surface area contributed by atoms with Crippen molar-refractivity contribution in [1.82, 2.24) is 5.32 Å². The molecule has 0 radical (unpaired) electrons.